The fourth-order valence-electron chi connectivity index (χ4n) is 1.22. The molecule has 0 heterocycles. The molecule has 0 unspecified atom stereocenters. The normalized spacial score (nSPS) is 13.1. The lowest BCUT2D eigenvalue weighted by molar-refractivity contribution is -0.00660. The fourth-order valence-corrected chi connectivity index (χ4v) is 1.22. The average Bonchev–Trinajstić information content (AvgIpc) is 2.27. The molecule has 0 aliphatic heterocycles. The molecular weight excluding hydrogens is 208 g/mol. The van der Waals surface area contributed by atoms with Crippen molar-refractivity contribution in [3.63, 3.8) is 0 Å². The Hall–Kier alpha value is -1.44. The van der Waals surface area contributed by atoms with Gasteiger partial charge in [0.15, 0.2) is 0 Å². The van der Waals surface area contributed by atoms with Crippen molar-refractivity contribution >= 4 is 0 Å². The Morgan fingerprint density at radius 3 is 2.18 bits per heavy atom. The van der Waals surface area contributed by atoms with Crippen molar-refractivity contribution in [2.45, 2.75) is 46.1 Å². The maximum atomic E-state index is 5.76. The van der Waals surface area contributed by atoms with Gasteiger partial charge in [0.25, 0.3) is 0 Å². The third-order valence-corrected chi connectivity index (χ3v) is 2.52. The highest BCUT2D eigenvalue weighted by Gasteiger charge is 2.16. The minimum atomic E-state index is -0.156. The maximum Gasteiger partial charge on any atom is 0.0666 e. The molecule has 0 fully saturated rings. The van der Waals surface area contributed by atoms with Crippen LogP contribution in [0.2, 0.25) is 0 Å². The van der Waals surface area contributed by atoms with Gasteiger partial charge >= 0.3 is 0 Å². The Bertz CT molecular complexity index is 333. The van der Waals surface area contributed by atoms with Gasteiger partial charge in [0.2, 0.25) is 0 Å². The zero-order valence-electron chi connectivity index (χ0n) is 11.3. The van der Waals surface area contributed by atoms with E-state index in [1.165, 1.54) is 0 Å². The van der Waals surface area contributed by atoms with Gasteiger partial charge in [0.05, 0.1) is 12.2 Å². The number of terminal acetylenes is 2. The van der Waals surface area contributed by atoms with E-state index in [4.69, 9.17) is 17.6 Å². The van der Waals surface area contributed by atoms with E-state index in [9.17, 15) is 0 Å². The molecule has 0 aromatic rings. The van der Waals surface area contributed by atoms with E-state index in [1.54, 1.807) is 0 Å². The SMILES string of the molecule is C#C/C(C)=C/CCC(C)(C)OC/C=C(\C)C#C. The van der Waals surface area contributed by atoms with E-state index in [0.29, 0.717) is 6.61 Å². The van der Waals surface area contributed by atoms with E-state index in [-0.39, 0.29) is 5.60 Å². The predicted octanol–water partition coefficient (Wildman–Crippen LogP) is 3.72. The van der Waals surface area contributed by atoms with Crippen LogP contribution >= 0.6 is 0 Å². The van der Waals surface area contributed by atoms with Crippen LogP contribution in [-0.2, 0) is 4.74 Å². The lowest BCUT2D eigenvalue weighted by Gasteiger charge is -2.24. The third kappa shape index (κ3) is 8.38. The highest BCUT2D eigenvalue weighted by atomic mass is 16.5. The summed E-state index contributed by atoms with van der Waals surface area (Å²) >= 11 is 0. The molecule has 1 heteroatoms. The zero-order valence-corrected chi connectivity index (χ0v) is 11.3. The van der Waals surface area contributed by atoms with Gasteiger partial charge in [-0.2, -0.15) is 0 Å². The Morgan fingerprint density at radius 2 is 1.65 bits per heavy atom. The van der Waals surface area contributed by atoms with E-state index in [2.05, 4.69) is 31.8 Å². The van der Waals surface area contributed by atoms with Crippen LogP contribution in [0.15, 0.2) is 23.3 Å². The van der Waals surface area contributed by atoms with Gasteiger partial charge in [-0.1, -0.05) is 17.9 Å². The van der Waals surface area contributed by atoms with Crippen LogP contribution in [0.5, 0.6) is 0 Å². The van der Waals surface area contributed by atoms with Gasteiger partial charge in [-0.15, -0.1) is 12.8 Å². The van der Waals surface area contributed by atoms with Gasteiger partial charge in [0.1, 0.15) is 0 Å². The molecule has 0 aromatic heterocycles. The van der Waals surface area contributed by atoms with Crippen LogP contribution in [0.25, 0.3) is 0 Å². The third-order valence-electron chi connectivity index (χ3n) is 2.52. The van der Waals surface area contributed by atoms with Crippen molar-refractivity contribution in [1.29, 1.82) is 0 Å². The largest absolute Gasteiger partial charge is 0.371 e. The molecule has 17 heavy (non-hydrogen) atoms. The Morgan fingerprint density at radius 1 is 1.12 bits per heavy atom. The van der Waals surface area contributed by atoms with Gasteiger partial charge < -0.3 is 4.74 Å². The van der Waals surface area contributed by atoms with Crippen LogP contribution in [-0.4, -0.2) is 12.2 Å². The second kappa shape index (κ2) is 7.77. The van der Waals surface area contributed by atoms with Gasteiger partial charge in [-0.05, 0) is 57.8 Å². The van der Waals surface area contributed by atoms with Crippen LogP contribution in [0.1, 0.15) is 40.5 Å². The Balaban J connectivity index is 4.06. The van der Waals surface area contributed by atoms with Gasteiger partial charge in [-0.25, -0.2) is 0 Å². The summed E-state index contributed by atoms with van der Waals surface area (Å²) in [5.41, 5.74) is 1.73. The lowest BCUT2D eigenvalue weighted by atomic mass is 10.0. The molecule has 0 N–H and O–H groups in total. The molecule has 0 atom stereocenters. The van der Waals surface area contributed by atoms with Gasteiger partial charge in [0, 0.05) is 0 Å². The second-order valence-corrected chi connectivity index (χ2v) is 4.67. The Kier molecular flexibility index (Phi) is 7.11. The lowest BCUT2D eigenvalue weighted by Crippen LogP contribution is -2.24. The summed E-state index contributed by atoms with van der Waals surface area (Å²) in [6.07, 6.45) is 16.4. The molecule has 0 rings (SSSR count). The Labute approximate surface area is 106 Å². The summed E-state index contributed by atoms with van der Waals surface area (Å²) in [5, 5.41) is 0. The molecule has 92 valence electrons. The molecule has 0 amide bonds. The van der Waals surface area contributed by atoms with Crippen molar-refractivity contribution in [1.82, 2.24) is 0 Å². The molecule has 0 saturated carbocycles. The minimum absolute atomic E-state index is 0.156. The minimum Gasteiger partial charge on any atom is -0.371 e. The van der Waals surface area contributed by atoms with Crippen LogP contribution in [0, 0.1) is 24.7 Å². The summed E-state index contributed by atoms with van der Waals surface area (Å²) in [4.78, 5) is 0. The molecule has 1 nitrogen and oxygen atoms in total. The highest BCUT2D eigenvalue weighted by molar-refractivity contribution is 5.22. The molecule has 0 saturated heterocycles. The molecule has 0 spiro atoms. The van der Waals surface area contributed by atoms with Crippen LogP contribution < -0.4 is 0 Å². The second-order valence-electron chi connectivity index (χ2n) is 4.67. The first-order valence-corrected chi connectivity index (χ1v) is 5.82. The van der Waals surface area contributed by atoms with Crippen LogP contribution in [0.4, 0.5) is 0 Å². The van der Waals surface area contributed by atoms with E-state index >= 15 is 0 Å². The van der Waals surface area contributed by atoms with E-state index < -0.39 is 0 Å². The summed E-state index contributed by atoms with van der Waals surface area (Å²) < 4.78 is 5.76. The molecule has 0 bridgehead atoms. The van der Waals surface area contributed by atoms with E-state index in [1.807, 2.05) is 19.9 Å². The van der Waals surface area contributed by atoms with Crippen LogP contribution in [0.3, 0.4) is 0 Å². The molecule has 0 radical (unpaired) electrons. The summed E-state index contributed by atoms with van der Waals surface area (Å²) in [5.74, 6) is 5.17. The fraction of sp³-hybridized carbons (Fsp3) is 0.500. The smallest absolute Gasteiger partial charge is 0.0666 e. The quantitative estimate of drug-likeness (QED) is 0.632. The van der Waals surface area contributed by atoms with Crippen molar-refractivity contribution in [2.24, 2.45) is 0 Å². The zero-order chi connectivity index (χ0) is 13.3. The monoisotopic (exact) mass is 230 g/mol. The molecule has 0 aliphatic carbocycles. The average molecular weight is 230 g/mol. The molecule has 0 aromatic carbocycles. The first-order valence-electron chi connectivity index (χ1n) is 5.82. The highest BCUT2D eigenvalue weighted by Crippen LogP contribution is 2.17. The van der Waals surface area contributed by atoms with Crippen molar-refractivity contribution in [3.8, 4) is 24.7 Å². The number of rotatable bonds is 6. The molecule has 0 aliphatic rings. The number of hydrogen-bond donors (Lipinski definition) is 0. The standard InChI is InChI=1S/C16H22O/c1-7-14(3)10-9-12-16(5,6)17-13-11-15(4)8-2/h1-2,10-11H,9,12-13H2,3-6H3/b14-10+,15-11+. The summed E-state index contributed by atoms with van der Waals surface area (Å²) in [7, 11) is 0. The predicted molar refractivity (Wildman–Crippen MR) is 74.4 cm³/mol. The molecular formula is C16H22O. The summed E-state index contributed by atoms with van der Waals surface area (Å²) in [6, 6.07) is 0. The van der Waals surface area contributed by atoms with Gasteiger partial charge in [-0.3, -0.25) is 0 Å². The van der Waals surface area contributed by atoms with Crippen molar-refractivity contribution in [2.75, 3.05) is 6.61 Å². The topological polar surface area (TPSA) is 9.23 Å². The first-order chi connectivity index (χ1) is 7.91. The van der Waals surface area contributed by atoms with Crippen molar-refractivity contribution < 1.29 is 4.74 Å². The maximum absolute atomic E-state index is 5.76. The number of ether oxygens (including phenoxy) is 1. The number of hydrogen-bond acceptors (Lipinski definition) is 1. The summed E-state index contributed by atoms with van der Waals surface area (Å²) in [6.45, 7) is 8.54. The number of allylic oxidation sites excluding steroid dienone is 3. The van der Waals surface area contributed by atoms with Crippen molar-refractivity contribution in [3.05, 3.63) is 23.3 Å². The first kappa shape index (κ1) is 15.6. The van der Waals surface area contributed by atoms with E-state index in [0.717, 1.165) is 24.0 Å².